The molecule has 0 aromatic heterocycles. The highest BCUT2D eigenvalue weighted by Gasteiger charge is 2.11. The van der Waals surface area contributed by atoms with E-state index in [4.69, 9.17) is 9.84 Å². The molecule has 0 bridgehead atoms. The molecule has 0 amide bonds. The molecule has 1 unspecified atom stereocenters. The first-order valence-electron chi connectivity index (χ1n) is 6.28. The molecule has 0 spiro atoms. The van der Waals surface area contributed by atoms with Gasteiger partial charge < -0.3 is 9.84 Å². The lowest BCUT2D eigenvalue weighted by Gasteiger charge is -2.10. The molecule has 3 nitrogen and oxygen atoms in total. The molecular formula is C16H15BrO3. The van der Waals surface area contributed by atoms with Crippen LogP contribution in [0.4, 0.5) is 0 Å². The van der Waals surface area contributed by atoms with Crippen molar-refractivity contribution in [3.63, 3.8) is 0 Å². The van der Waals surface area contributed by atoms with Crippen molar-refractivity contribution in [3.8, 4) is 16.9 Å². The normalized spacial score (nSPS) is 11.9. The summed E-state index contributed by atoms with van der Waals surface area (Å²) >= 11 is 3.41. The zero-order chi connectivity index (χ0) is 14.5. The van der Waals surface area contributed by atoms with E-state index in [0.29, 0.717) is 5.75 Å². The van der Waals surface area contributed by atoms with Crippen LogP contribution in [-0.2, 0) is 4.79 Å². The summed E-state index contributed by atoms with van der Waals surface area (Å²) in [6, 6.07) is 15.7. The highest BCUT2D eigenvalue weighted by atomic mass is 79.9. The summed E-state index contributed by atoms with van der Waals surface area (Å²) in [5.74, 6) is -0.684. The second-order valence-electron chi connectivity index (χ2n) is 4.58. The topological polar surface area (TPSA) is 46.5 Å². The van der Waals surface area contributed by atoms with Gasteiger partial charge in [0.2, 0.25) is 0 Å². The quantitative estimate of drug-likeness (QED) is 0.890. The van der Waals surface area contributed by atoms with Crippen molar-refractivity contribution in [2.75, 3.05) is 6.61 Å². The third kappa shape index (κ3) is 3.84. The number of hydrogen-bond acceptors (Lipinski definition) is 2. The molecule has 0 aliphatic heterocycles. The molecule has 2 aromatic carbocycles. The van der Waals surface area contributed by atoms with E-state index in [1.165, 1.54) is 0 Å². The van der Waals surface area contributed by atoms with Crippen LogP contribution in [0.5, 0.6) is 5.75 Å². The van der Waals surface area contributed by atoms with E-state index in [2.05, 4.69) is 15.9 Å². The van der Waals surface area contributed by atoms with Crippen LogP contribution in [0, 0.1) is 5.92 Å². The molecule has 20 heavy (non-hydrogen) atoms. The predicted octanol–water partition coefficient (Wildman–Crippen LogP) is 4.22. The van der Waals surface area contributed by atoms with Crippen LogP contribution >= 0.6 is 15.9 Å². The Balaban J connectivity index is 2.03. The fourth-order valence-electron chi connectivity index (χ4n) is 1.68. The number of rotatable bonds is 5. The molecule has 0 heterocycles. The van der Waals surface area contributed by atoms with Crippen molar-refractivity contribution in [3.05, 3.63) is 53.0 Å². The van der Waals surface area contributed by atoms with Crippen molar-refractivity contribution in [2.45, 2.75) is 6.92 Å². The zero-order valence-corrected chi connectivity index (χ0v) is 12.6. The predicted molar refractivity (Wildman–Crippen MR) is 81.9 cm³/mol. The number of hydrogen-bond donors (Lipinski definition) is 1. The monoisotopic (exact) mass is 334 g/mol. The minimum absolute atomic E-state index is 0.174. The molecule has 1 atom stereocenters. The number of aliphatic carboxylic acids is 1. The number of halogens is 1. The molecule has 1 N–H and O–H groups in total. The first-order valence-corrected chi connectivity index (χ1v) is 7.07. The molecule has 0 aliphatic carbocycles. The summed E-state index contributed by atoms with van der Waals surface area (Å²) in [6.07, 6.45) is 0. The first kappa shape index (κ1) is 14.6. The van der Waals surface area contributed by atoms with Crippen LogP contribution in [0.1, 0.15) is 6.92 Å². The fourth-order valence-corrected chi connectivity index (χ4v) is 1.94. The van der Waals surface area contributed by atoms with Gasteiger partial charge in [-0.25, -0.2) is 0 Å². The van der Waals surface area contributed by atoms with E-state index in [0.717, 1.165) is 15.6 Å². The van der Waals surface area contributed by atoms with Gasteiger partial charge in [-0.15, -0.1) is 0 Å². The van der Waals surface area contributed by atoms with Crippen LogP contribution < -0.4 is 4.74 Å². The summed E-state index contributed by atoms with van der Waals surface area (Å²) < 4.78 is 6.50. The standard InChI is InChI=1S/C16H15BrO3/c1-11(16(18)19)10-20-15-8-4-13(5-9-15)12-2-6-14(17)7-3-12/h2-9,11H,10H2,1H3,(H,18,19). The molecular weight excluding hydrogens is 320 g/mol. The Morgan fingerprint density at radius 1 is 1.10 bits per heavy atom. The molecule has 2 aromatic rings. The Bertz CT molecular complexity index is 576. The summed E-state index contributed by atoms with van der Waals surface area (Å²) in [6.45, 7) is 1.80. The highest BCUT2D eigenvalue weighted by Crippen LogP contribution is 2.24. The van der Waals surface area contributed by atoms with E-state index in [9.17, 15) is 4.79 Å². The van der Waals surface area contributed by atoms with E-state index in [1.54, 1.807) is 6.92 Å². The molecule has 0 radical (unpaired) electrons. The molecule has 4 heteroatoms. The van der Waals surface area contributed by atoms with Crippen molar-refractivity contribution in [1.29, 1.82) is 0 Å². The smallest absolute Gasteiger partial charge is 0.309 e. The number of carbonyl (C=O) groups is 1. The second-order valence-corrected chi connectivity index (χ2v) is 5.50. The lowest BCUT2D eigenvalue weighted by molar-refractivity contribution is -0.142. The lowest BCUT2D eigenvalue weighted by atomic mass is 10.1. The maximum Gasteiger partial charge on any atom is 0.309 e. The third-order valence-electron chi connectivity index (χ3n) is 2.95. The second kappa shape index (κ2) is 6.57. The summed E-state index contributed by atoms with van der Waals surface area (Å²) in [4.78, 5) is 10.7. The van der Waals surface area contributed by atoms with Crippen LogP contribution in [0.3, 0.4) is 0 Å². The van der Waals surface area contributed by atoms with Gasteiger partial charge in [-0.3, -0.25) is 4.79 Å². The number of benzene rings is 2. The lowest BCUT2D eigenvalue weighted by Crippen LogP contribution is -2.17. The number of carboxylic acids is 1. The third-order valence-corrected chi connectivity index (χ3v) is 3.48. The maximum atomic E-state index is 10.7. The van der Waals surface area contributed by atoms with E-state index in [-0.39, 0.29) is 6.61 Å². The van der Waals surface area contributed by atoms with Gasteiger partial charge in [-0.2, -0.15) is 0 Å². The van der Waals surface area contributed by atoms with Gasteiger partial charge in [0.25, 0.3) is 0 Å². The van der Waals surface area contributed by atoms with Gasteiger partial charge in [-0.1, -0.05) is 40.2 Å². The largest absolute Gasteiger partial charge is 0.493 e. The Morgan fingerprint density at radius 3 is 2.10 bits per heavy atom. The minimum atomic E-state index is -0.850. The zero-order valence-electron chi connectivity index (χ0n) is 11.0. The summed E-state index contributed by atoms with van der Waals surface area (Å²) in [5, 5.41) is 8.79. The minimum Gasteiger partial charge on any atom is -0.493 e. The summed E-state index contributed by atoms with van der Waals surface area (Å²) in [5.41, 5.74) is 2.22. The van der Waals surface area contributed by atoms with Gasteiger partial charge in [0.1, 0.15) is 12.4 Å². The van der Waals surface area contributed by atoms with E-state index in [1.807, 2.05) is 48.5 Å². The summed E-state index contributed by atoms with van der Waals surface area (Å²) in [7, 11) is 0. The van der Waals surface area contributed by atoms with Gasteiger partial charge in [0.15, 0.2) is 0 Å². The van der Waals surface area contributed by atoms with Crippen molar-refractivity contribution in [2.24, 2.45) is 5.92 Å². The molecule has 0 saturated heterocycles. The average molecular weight is 335 g/mol. The highest BCUT2D eigenvalue weighted by molar-refractivity contribution is 9.10. The van der Waals surface area contributed by atoms with Gasteiger partial charge >= 0.3 is 5.97 Å². The fraction of sp³-hybridized carbons (Fsp3) is 0.188. The molecule has 0 fully saturated rings. The van der Waals surface area contributed by atoms with Crippen molar-refractivity contribution >= 4 is 21.9 Å². The number of ether oxygens (including phenoxy) is 1. The van der Waals surface area contributed by atoms with Crippen molar-refractivity contribution < 1.29 is 14.6 Å². The van der Waals surface area contributed by atoms with E-state index >= 15 is 0 Å². The molecule has 0 aliphatic rings. The van der Waals surface area contributed by atoms with E-state index < -0.39 is 11.9 Å². The molecule has 104 valence electrons. The van der Waals surface area contributed by atoms with Crippen LogP contribution in [0.15, 0.2) is 53.0 Å². The Hall–Kier alpha value is -1.81. The van der Waals surface area contributed by atoms with Gasteiger partial charge in [0.05, 0.1) is 5.92 Å². The Kier molecular flexibility index (Phi) is 4.79. The molecule has 2 rings (SSSR count). The maximum absolute atomic E-state index is 10.7. The van der Waals surface area contributed by atoms with Gasteiger partial charge in [0, 0.05) is 4.47 Å². The molecule has 0 saturated carbocycles. The first-order chi connectivity index (χ1) is 9.56. The van der Waals surface area contributed by atoms with Crippen molar-refractivity contribution in [1.82, 2.24) is 0 Å². The average Bonchev–Trinajstić information content (AvgIpc) is 2.46. The van der Waals surface area contributed by atoms with Crippen LogP contribution in [-0.4, -0.2) is 17.7 Å². The Morgan fingerprint density at radius 2 is 1.60 bits per heavy atom. The van der Waals surface area contributed by atoms with Crippen LogP contribution in [0.25, 0.3) is 11.1 Å². The Labute approximate surface area is 126 Å². The SMILES string of the molecule is CC(COc1ccc(-c2ccc(Br)cc2)cc1)C(=O)O. The van der Waals surface area contributed by atoms with Gasteiger partial charge in [-0.05, 0) is 42.3 Å². The number of carboxylic acid groups (broad SMARTS) is 1. The van der Waals surface area contributed by atoms with Crippen LogP contribution in [0.2, 0.25) is 0 Å².